The number of benzene rings is 2. The number of aromatic nitrogens is 3. The molecular formula is C16H15N3O2. The van der Waals surface area contributed by atoms with Crippen LogP contribution in [0.1, 0.15) is 18.1 Å². The van der Waals surface area contributed by atoms with E-state index in [1.54, 1.807) is 0 Å². The van der Waals surface area contributed by atoms with Gasteiger partial charge in [0.25, 0.3) is 5.91 Å². The lowest BCUT2D eigenvalue weighted by Crippen LogP contribution is -2.32. The van der Waals surface area contributed by atoms with Crippen LogP contribution in [0.5, 0.6) is 5.75 Å². The summed E-state index contributed by atoms with van der Waals surface area (Å²) in [6.07, 6.45) is -0.0282. The molecule has 5 heteroatoms. The standard InChI is InChI=1S/C16H15N3O2/c1-2-15(21-12-8-4-3-5-9-12)16(20)19-14-11-7-6-10-13(14)17-18-19/h3-11,15H,2H2,1H3. The number of ether oxygens (including phenoxy) is 1. The summed E-state index contributed by atoms with van der Waals surface area (Å²) in [6.45, 7) is 1.91. The Hall–Kier alpha value is -2.69. The number of hydrogen-bond donors (Lipinski definition) is 0. The molecule has 5 nitrogen and oxygen atoms in total. The molecule has 2 aromatic carbocycles. The average molecular weight is 281 g/mol. The Morgan fingerprint density at radius 3 is 2.62 bits per heavy atom. The van der Waals surface area contributed by atoms with Gasteiger partial charge in [-0.25, -0.2) is 0 Å². The summed E-state index contributed by atoms with van der Waals surface area (Å²) in [5.41, 5.74) is 1.39. The molecule has 1 atom stereocenters. The van der Waals surface area contributed by atoms with Crippen LogP contribution in [-0.4, -0.2) is 27.0 Å². The van der Waals surface area contributed by atoms with Crippen molar-refractivity contribution in [1.82, 2.24) is 15.0 Å². The summed E-state index contributed by atoms with van der Waals surface area (Å²) in [7, 11) is 0. The molecule has 0 fully saturated rings. The van der Waals surface area contributed by atoms with E-state index in [0.29, 0.717) is 23.2 Å². The van der Waals surface area contributed by atoms with Crippen molar-refractivity contribution < 1.29 is 9.53 Å². The molecule has 0 amide bonds. The highest BCUT2D eigenvalue weighted by atomic mass is 16.5. The van der Waals surface area contributed by atoms with Crippen molar-refractivity contribution >= 4 is 16.9 Å². The molecular weight excluding hydrogens is 266 g/mol. The molecule has 1 aromatic heterocycles. The molecule has 3 rings (SSSR count). The Morgan fingerprint density at radius 1 is 1.14 bits per heavy atom. The van der Waals surface area contributed by atoms with Gasteiger partial charge >= 0.3 is 0 Å². The Morgan fingerprint density at radius 2 is 1.86 bits per heavy atom. The molecule has 0 saturated carbocycles. The number of fused-ring (bicyclic) bond motifs is 1. The van der Waals surface area contributed by atoms with Crippen molar-refractivity contribution in [3.63, 3.8) is 0 Å². The lowest BCUT2D eigenvalue weighted by Gasteiger charge is -2.16. The molecule has 106 valence electrons. The fourth-order valence-electron chi connectivity index (χ4n) is 2.14. The average Bonchev–Trinajstić information content (AvgIpc) is 2.97. The summed E-state index contributed by atoms with van der Waals surface area (Å²) >= 11 is 0. The molecule has 0 aliphatic rings. The first-order valence-corrected chi connectivity index (χ1v) is 6.86. The maximum absolute atomic E-state index is 12.6. The first kappa shape index (κ1) is 13.3. The first-order chi connectivity index (χ1) is 10.3. The van der Waals surface area contributed by atoms with Crippen molar-refractivity contribution in [2.45, 2.75) is 19.4 Å². The van der Waals surface area contributed by atoms with E-state index in [1.807, 2.05) is 61.5 Å². The van der Waals surface area contributed by atoms with E-state index in [0.717, 1.165) is 0 Å². The minimum Gasteiger partial charge on any atom is -0.481 e. The van der Waals surface area contributed by atoms with Crippen molar-refractivity contribution in [2.24, 2.45) is 0 Å². The highest BCUT2D eigenvalue weighted by Gasteiger charge is 2.23. The number of hydrogen-bond acceptors (Lipinski definition) is 4. The Kier molecular flexibility index (Phi) is 3.64. The zero-order valence-electron chi connectivity index (χ0n) is 11.6. The second-order valence-electron chi connectivity index (χ2n) is 4.66. The van der Waals surface area contributed by atoms with Gasteiger partial charge in [0, 0.05) is 0 Å². The second-order valence-corrected chi connectivity index (χ2v) is 4.66. The van der Waals surface area contributed by atoms with Gasteiger partial charge in [-0.3, -0.25) is 4.79 Å². The van der Waals surface area contributed by atoms with Gasteiger partial charge in [0.1, 0.15) is 11.3 Å². The third-order valence-electron chi connectivity index (χ3n) is 3.23. The zero-order chi connectivity index (χ0) is 14.7. The van der Waals surface area contributed by atoms with Crippen LogP contribution in [0.2, 0.25) is 0 Å². The van der Waals surface area contributed by atoms with E-state index >= 15 is 0 Å². The lowest BCUT2D eigenvalue weighted by atomic mass is 10.2. The maximum Gasteiger partial charge on any atom is 0.289 e. The number of carbonyl (C=O) groups excluding carboxylic acids is 1. The summed E-state index contributed by atoms with van der Waals surface area (Å²) in [5, 5.41) is 7.94. The SMILES string of the molecule is CCC(Oc1ccccc1)C(=O)n1nnc2ccccc21. The van der Waals surface area contributed by atoms with Crippen molar-refractivity contribution in [3.05, 3.63) is 54.6 Å². The molecule has 0 aliphatic heterocycles. The summed E-state index contributed by atoms with van der Waals surface area (Å²) < 4.78 is 7.07. The smallest absolute Gasteiger partial charge is 0.289 e. The van der Waals surface area contributed by atoms with Crippen LogP contribution in [0.4, 0.5) is 0 Å². The minimum absolute atomic E-state index is 0.213. The van der Waals surface area contributed by atoms with Crippen LogP contribution in [0.3, 0.4) is 0 Å². The van der Waals surface area contributed by atoms with Gasteiger partial charge in [0.2, 0.25) is 0 Å². The van der Waals surface area contributed by atoms with Crippen LogP contribution in [0, 0.1) is 0 Å². The Labute approximate surface area is 122 Å². The molecule has 0 spiro atoms. The predicted octanol–water partition coefficient (Wildman–Crippen LogP) is 2.93. The van der Waals surface area contributed by atoms with Crippen LogP contribution < -0.4 is 4.74 Å². The molecule has 1 unspecified atom stereocenters. The van der Waals surface area contributed by atoms with Crippen molar-refractivity contribution in [1.29, 1.82) is 0 Å². The molecule has 21 heavy (non-hydrogen) atoms. The van der Waals surface area contributed by atoms with E-state index in [4.69, 9.17) is 4.74 Å². The van der Waals surface area contributed by atoms with Gasteiger partial charge in [-0.05, 0) is 30.7 Å². The normalized spacial score (nSPS) is 12.2. The van der Waals surface area contributed by atoms with Gasteiger partial charge in [-0.2, -0.15) is 4.68 Å². The number of carbonyl (C=O) groups is 1. The topological polar surface area (TPSA) is 57.0 Å². The minimum atomic E-state index is -0.586. The van der Waals surface area contributed by atoms with Crippen LogP contribution in [-0.2, 0) is 0 Å². The zero-order valence-corrected chi connectivity index (χ0v) is 11.6. The number of nitrogens with zero attached hydrogens (tertiary/aromatic N) is 3. The highest BCUT2D eigenvalue weighted by Crippen LogP contribution is 2.16. The lowest BCUT2D eigenvalue weighted by molar-refractivity contribution is 0.0681. The van der Waals surface area contributed by atoms with Crippen molar-refractivity contribution in [3.8, 4) is 5.75 Å². The van der Waals surface area contributed by atoms with Gasteiger partial charge in [-0.15, -0.1) is 5.10 Å². The molecule has 0 radical (unpaired) electrons. The summed E-state index contributed by atoms with van der Waals surface area (Å²) in [4.78, 5) is 12.6. The van der Waals surface area contributed by atoms with Crippen LogP contribution in [0.25, 0.3) is 11.0 Å². The molecule has 0 bridgehead atoms. The second kappa shape index (κ2) is 5.75. The predicted molar refractivity (Wildman–Crippen MR) is 79.3 cm³/mol. The van der Waals surface area contributed by atoms with E-state index in [2.05, 4.69) is 10.3 Å². The molecule has 0 aliphatic carbocycles. The van der Waals surface area contributed by atoms with E-state index in [1.165, 1.54) is 4.68 Å². The summed E-state index contributed by atoms with van der Waals surface area (Å²) in [6, 6.07) is 16.7. The van der Waals surface area contributed by atoms with E-state index < -0.39 is 6.10 Å². The first-order valence-electron chi connectivity index (χ1n) is 6.86. The maximum atomic E-state index is 12.6. The van der Waals surface area contributed by atoms with Crippen LogP contribution in [0.15, 0.2) is 54.6 Å². The van der Waals surface area contributed by atoms with Gasteiger partial charge in [-0.1, -0.05) is 42.5 Å². The largest absolute Gasteiger partial charge is 0.481 e. The molecule has 1 heterocycles. The monoisotopic (exact) mass is 281 g/mol. The van der Waals surface area contributed by atoms with Gasteiger partial charge in [0.15, 0.2) is 6.10 Å². The van der Waals surface area contributed by atoms with E-state index in [9.17, 15) is 4.79 Å². The third kappa shape index (κ3) is 2.63. The molecule has 0 saturated heterocycles. The number of para-hydroxylation sites is 2. The highest BCUT2D eigenvalue weighted by molar-refractivity contribution is 5.91. The van der Waals surface area contributed by atoms with Gasteiger partial charge < -0.3 is 4.74 Å². The quantitative estimate of drug-likeness (QED) is 0.737. The van der Waals surface area contributed by atoms with E-state index in [-0.39, 0.29) is 5.91 Å². The van der Waals surface area contributed by atoms with Crippen LogP contribution >= 0.6 is 0 Å². The third-order valence-corrected chi connectivity index (χ3v) is 3.23. The fraction of sp³-hybridized carbons (Fsp3) is 0.188. The van der Waals surface area contributed by atoms with Crippen molar-refractivity contribution in [2.75, 3.05) is 0 Å². The summed E-state index contributed by atoms with van der Waals surface area (Å²) in [5.74, 6) is 0.456. The fourth-order valence-corrected chi connectivity index (χ4v) is 2.14. The van der Waals surface area contributed by atoms with Gasteiger partial charge in [0.05, 0.1) is 5.52 Å². The molecule has 0 N–H and O–H groups in total. The Balaban J connectivity index is 1.88. The number of rotatable bonds is 4. The Bertz CT molecular complexity index is 752. The molecule has 3 aromatic rings.